The smallest absolute Gasteiger partial charge is 0.256 e. The van der Waals surface area contributed by atoms with Gasteiger partial charge in [-0.15, -0.1) is 0 Å². The van der Waals surface area contributed by atoms with Crippen LogP contribution in [0.15, 0.2) is 28.2 Å². The van der Waals surface area contributed by atoms with E-state index in [4.69, 9.17) is 11.6 Å². The number of thioether (sulfide) groups is 1. The zero-order chi connectivity index (χ0) is 17.1. The third-order valence-electron chi connectivity index (χ3n) is 4.12. The van der Waals surface area contributed by atoms with Gasteiger partial charge in [-0.1, -0.05) is 29.8 Å². The molecule has 1 unspecified atom stereocenters. The molecule has 0 aromatic heterocycles. The van der Waals surface area contributed by atoms with Gasteiger partial charge in [0, 0.05) is 16.4 Å². The van der Waals surface area contributed by atoms with Crippen molar-refractivity contribution in [1.82, 2.24) is 0 Å². The molecule has 126 valence electrons. The Kier molecular flexibility index (Phi) is 5.36. The zero-order valence-electron chi connectivity index (χ0n) is 13.3. The van der Waals surface area contributed by atoms with Gasteiger partial charge in [0.05, 0.1) is 11.7 Å². The highest BCUT2D eigenvalue weighted by Crippen LogP contribution is 2.27. The van der Waals surface area contributed by atoms with Crippen LogP contribution in [0.3, 0.4) is 0 Å². The molecule has 1 fully saturated rings. The van der Waals surface area contributed by atoms with E-state index in [1.54, 1.807) is 18.2 Å². The van der Waals surface area contributed by atoms with E-state index in [0.29, 0.717) is 10.2 Å². The number of halogens is 1. The number of carbonyl (C=O) groups excluding carboxylic acids is 2. The number of hydrogen-bond acceptors (Lipinski definition) is 4. The molecule has 1 aliphatic heterocycles. The molecule has 1 saturated carbocycles. The number of aryl methyl sites for hydroxylation is 1. The number of fused-ring (bicyclic) bond motifs is 1. The maximum absolute atomic E-state index is 12.1. The van der Waals surface area contributed by atoms with Gasteiger partial charge in [0.2, 0.25) is 5.91 Å². The molecule has 1 aromatic rings. The molecule has 24 heavy (non-hydrogen) atoms. The lowest BCUT2D eigenvalue weighted by molar-refractivity contribution is -0.120. The Hall–Kier alpha value is -1.66. The summed E-state index contributed by atoms with van der Waals surface area (Å²) in [6, 6.07) is 5.30. The number of amidine groups is 1. The predicted octanol–water partition coefficient (Wildman–Crippen LogP) is 3.85. The SMILES string of the molecule is Cc1cc(Cl)ccc1NC(=O)CSC1=NC(=O)C2CCCCC2=N1. The highest BCUT2D eigenvalue weighted by Gasteiger charge is 2.30. The first kappa shape index (κ1) is 17.2. The zero-order valence-corrected chi connectivity index (χ0v) is 14.9. The highest BCUT2D eigenvalue weighted by atomic mass is 35.5. The second-order valence-electron chi connectivity index (χ2n) is 5.93. The number of hydrogen-bond donors (Lipinski definition) is 1. The van der Waals surface area contributed by atoms with Crippen LogP contribution in [-0.2, 0) is 9.59 Å². The second kappa shape index (κ2) is 7.49. The molecular formula is C17H18ClN3O2S. The van der Waals surface area contributed by atoms with Crippen LogP contribution >= 0.6 is 23.4 Å². The molecule has 1 heterocycles. The fraction of sp³-hybridized carbons (Fsp3) is 0.412. The summed E-state index contributed by atoms with van der Waals surface area (Å²) >= 11 is 7.10. The lowest BCUT2D eigenvalue weighted by Gasteiger charge is -2.24. The van der Waals surface area contributed by atoms with Gasteiger partial charge in [-0.2, -0.15) is 4.99 Å². The lowest BCUT2D eigenvalue weighted by atomic mass is 9.86. The van der Waals surface area contributed by atoms with Crippen molar-refractivity contribution in [3.8, 4) is 0 Å². The minimum absolute atomic E-state index is 0.115. The summed E-state index contributed by atoms with van der Waals surface area (Å²) in [5.41, 5.74) is 2.55. The first-order valence-corrected chi connectivity index (χ1v) is 9.28. The van der Waals surface area contributed by atoms with E-state index in [0.717, 1.165) is 42.6 Å². The van der Waals surface area contributed by atoms with Gasteiger partial charge < -0.3 is 5.32 Å². The number of benzene rings is 1. The van der Waals surface area contributed by atoms with Gasteiger partial charge in [-0.25, -0.2) is 4.99 Å². The second-order valence-corrected chi connectivity index (χ2v) is 7.31. The number of rotatable bonds is 3. The van der Waals surface area contributed by atoms with Gasteiger partial charge in [0.15, 0.2) is 5.17 Å². The Morgan fingerprint density at radius 2 is 2.21 bits per heavy atom. The summed E-state index contributed by atoms with van der Waals surface area (Å²) in [5.74, 6) is -0.244. The topological polar surface area (TPSA) is 70.9 Å². The van der Waals surface area contributed by atoms with Crippen LogP contribution in [0.2, 0.25) is 5.02 Å². The first-order valence-electron chi connectivity index (χ1n) is 7.92. The highest BCUT2D eigenvalue weighted by molar-refractivity contribution is 8.14. The average molecular weight is 364 g/mol. The third-order valence-corrected chi connectivity index (χ3v) is 5.20. The lowest BCUT2D eigenvalue weighted by Crippen LogP contribution is -2.30. The Morgan fingerprint density at radius 3 is 3.00 bits per heavy atom. The molecule has 1 aliphatic carbocycles. The van der Waals surface area contributed by atoms with Gasteiger partial charge in [0.1, 0.15) is 0 Å². The van der Waals surface area contributed by atoms with Gasteiger partial charge in [-0.3, -0.25) is 9.59 Å². The first-order chi connectivity index (χ1) is 11.5. The third kappa shape index (κ3) is 4.05. The van der Waals surface area contributed by atoms with Crippen LogP contribution in [0.1, 0.15) is 31.2 Å². The van der Waals surface area contributed by atoms with Crippen LogP contribution in [0.25, 0.3) is 0 Å². The van der Waals surface area contributed by atoms with Crippen LogP contribution in [-0.4, -0.2) is 28.4 Å². The molecule has 1 aromatic carbocycles. The molecule has 2 amide bonds. The minimum Gasteiger partial charge on any atom is -0.325 e. The van der Waals surface area contributed by atoms with Crippen molar-refractivity contribution in [2.24, 2.45) is 15.9 Å². The molecule has 1 atom stereocenters. The van der Waals surface area contributed by atoms with Gasteiger partial charge in [0.25, 0.3) is 5.91 Å². The molecule has 0 radical (unpaired) electrons. The quantitative estimate of drug-likeness (QED) is 0.886. The van der Waals surface area contributed by atoms with Crippen LogP contribution in [0.4, 0.5) is 5.69 Å². The number of amides is 2. The van der Waals surface area contributed by atoms with E-state index >= 15 is 0 Å². The Labute approximate surface area is 150 Å². The van der Waals surface area contributed by atoms with Crippen LogP contribution in [0.5, 0.6) is 0 Å². The summed E-state index contributed by atoms with van der Waals surface area (Å²) in [6.45, 7) is 1.88. The van der Waals surface area contributed by atoms with Crippen molar-refractivity contribution >= 4 is 51.7 Å². The summed E-state index contributed by atoms with van der Waals surface area (Å²) in [5, 5.41) is 3.87. The summed E-state index contributed by atoms with van der Waals surface area (Å²) in [7, 11) is 0. The van der Waals surface area contributed by atoms with E-state index in [9.17, 15) is 9.59 Å². The minimum atomic E-state index is -0.161. The fourth-order valence-corrected chi connectivity index (χ4v) is 3.76. The monoisotopic (exact) mass is 363 g/mol. The number of anilines is 1. The van der Waals surface area contributed by atoms with E-state index in [1.165, 1.54) is 11.8 Å². The summed E-state index contributed by atoms with van der Waals surface area (Å²) < 4.78 is 0. The molecule has 3 rings (SSSR count). The molecule has 0 bridgehead atoms. The number of nitrogens with one attached hydrogen (secondary N) is 1. The van der Waals surface area contributed by atoms with E-state index in [1.807, 2.05) is 6.92 Å². The predicted molar refractivity (Wildman–Crippen MR) is 99.1 cm³/mol. The van der Waals surface area contributed by atoms with Crippen LogP contribution in [0, 0.1) is 12.8 Å². The van der Waals surface area contributed by atoms with Crippen molar-refractivity contribution in [2.75, 3.05) is 11.1 Å². The number of carbonyl (C=O) groups is 2. The van der Waals surface area contributed by atoms with Crippen molar-refractivity contribution in [1.29, 1.82) is 0 Å². The summed E-state index contributed by atoms with van der Waals surface area (Å²) in [6.07, 6.45) is 3.81. The summed E-state index contributed by atoms with van der Waals surface area (Å²) in [4.78, 5) is 32.7. The van der Waals surface area contributed by atoms with E-state index in [-0.39, 0.29) is 23.5 Å². The van der Waals surface area contributed by atoms with Crippen molar-refractivity contribution in [2.45, 2.75) is 32.6 Å². The molecule has 2 aliphatic rings. The number of aliphatic imine (C=N–C) groups is 2. The van der Waals surface area contributed by atoms with Crippen LogP contribution < -0.4 is 5.32 Å². The Bertz CT molecular complexity index is 745. The van der Waals surface area contributed by atoms with Gasteiger partial charge >= 0.3 is 0 Å². The standard InChI is InChI=1S/C17H18ClN3O2S/c1-10-8-11(18)6-7-13(10)19-15(22)9-24-17-20-14-5-3-2-4-12(14)16(23)21-17/h6-8,12H,2-5,9H2,1H3,(H,19,22). The van der Waals surface area contributed by atoms with Crippen molar-refractivity contribution in [3.63, 3.8) is 0 Å². The maximum atomic E-state index is 12.1. The average Bonchev–Trinajstić information content (AvgIpc) is 2.56. The molecule has 0 saturated heterocycles. The normalized spacial score (nSPS) is 20.1. The van der Waals surface area contributed by atoms with E-state index in [2.05, 4.69) is 15.3 Å². The molecule has 0 spiro atoms. The maximum Gasteiger partial charge on any atom is 0.256 e. The van der Waals surface area contributed by atoms with Crippen molar-refractivity contribution < 1.29 is 9.59 Å². The van der Waals surface area contributed by atoms with E-state index < -0.39 is 0 Å². The largest absolute Gasteiger partial charge is 0.325 e. The Balaban J connectivity index is 1.58. The molecule has 1 N–H and O–H groups in total. The molecular weight excluding hydrogens is 346 g/mol. The van der Waals surface area contributed by atoms with Crippen molar-refractivity contribution in [3.05, 3.63) is 28.8 Å². The molecule has 7 heteroatoms. The number of nitrogens with zero attached hydrogens (tertiary/aromatic N) is 2. The fourth-order valence-electron chi connectivity index (χ4n) is 2.86. The van der Waals surface area contributed by atoms with Gasteiger partial charge in [-0.05, 0) is 49.9 Å². The molecule has 5 nitrogen and oxygen atoms in total. The Morgan fingerprint density at radius 1 is 1.38 bits per heavy atom.